The average molecular weight is 377 g/mol. The molecule has 0 radical (unpaired) electrons. The molecule has 3 nitrogen and oxygen atoms in total. The fourth-order valence-corrected chi connectivity index (χ4v) is 2.59. The summed E-state index contributed by atoms with van der Waals surface area (Å²) in [4.78, 5) is 11.7. The summed E-state index contributed by atoms with van der Waals surface area (Å²) in [5.74, 6) is 0.819. The van der Waals surface area contributed by atoms with Gasteiger partial charge in [-0.25, -0.2) is 0 Å². The zero-order valence-corrected chi connectivity index (χ0v) is 15.6. The predicted octanol–water partition coefficient (Wildman–Crippen LogP) is 4.79. The number of halogens is 2. The number of rotatable bonds is 5. The third kappa shape index (κ3) is 5.87. The van der Waals surface area contributed by atoms with Crippen LogP contribution in [-0.4, -0.2) is 18.1 Å². The Morgan fingerprint density at radius 3 is 2.57 bits per heavy atom. The molecule has 1 amide bonds. The van der Waals surface area contributed by atoms with E-state index >= 15 is 0 Å². The normalized spacial score (nSPS) is 11.4. The van der Waals surface area contributed by atoms with Crippen LogP contribution in [-0.2, 0) is 4.79 Å². The maximum atomic E-state index is 11.7. The van der Waals surface area contributed by atoms with Crippen molar-refractivity contribution in [2.75, 3.05) is 6.61 Å². The molecule has 1 aromatic carbocycles. The van der Waals surface area contributed by atoms with E-state index in [1.807, 2.05) is 40.7 Å². The highest BCUT2D eigenvalue weighted by Crippen LogP contribution is 2.35. The van der Waals surface area contributed by atoms with Gasteiger partial charge in [-0.05, 0) is 74.2 Å². The summed E-state index contributed by atoms with van der Waals surface area (Å²) in [6, 6.07) is 1.91. The van der Waals surface area contributed by atoms with Gasteiger partial charge in [0.2, 0.25) is 5.91 Å². The van der Waals surface area contributed by atoms with Gasteiger partial charge in [-0.3, -0.25) is 4.79 Å². The summed E-state index contributed by atoms with van der Waals surface area (Å²) in [5.41, 5.74) is 1.76. The summed E-state index contributed by atoms with van der Waals surface area (Å²) in [7, 11) is 0. The zero-order valence-electron chi connectivity index (χ0n) is 13.3. The fraction of sp³-hybridized carbons (Fsp3) is 0.562. The van der Waals surface area contributed by atoms with Gasteiger partial charge in [0, 0.05) is 17.0 Å². The fourth-order valence-electron chi connectivity index (χ4n) is 1.90. The largest absolute Gasteiger partial charge is 0.492 e. The maximum Gasteiger partial charge on any atom is 0.220 e. The van der Waals surface area contributed by atoms with Gasteiger partial charge in [0.1, 0.15) is 5.75 Å². The number of aryl methyl sites for hydroxylation is 1. The lowest BCUT2D eigenvalue weighted by atomic mass is 10.1. The van der Waals surface area contributed by atoms with Crippen molar-refractivity contribution in [3.63, 3.8) is 0 Å². The van der Waals surface area contributed by atoms with Crippen molar-refractivity contribution in [2.45, 2.75) is 53.0 Å². The Hall–Kier alpha value is -0.740. The van der Waals surface area contributed by atoms with Crippen molar-refractivity contribution >= 4 is 33.4 Å². The van der Waals surface area contributed by atoms with Crippen molar-refractivity contribution in [3.8, 4) is 5.75 Å². The maximum absolute atomic E-state index is 11.7. The molecule has 0 aliphatic rings. The first-order valence-corrected chi connectivity index (χ1v) is 8.18. The number of ether oxygens (including phenoxy) is 1. The van der Waals surface area contributed by atoms with Gasteiger partial charge in [-0.2, -0.15) is 0 Å². The number of nitrogens with one attached hydrogen (secondary N) is 1. The van der Waals surface area contributed by atoms with E-state index in [2.05, 4.69) is 21.2 Å². The SMILES string of the molecule is Cc1cc(OCCCC(=O)NC(C)(C)C)c(Br)c(C)c1Cl. The molecule has 0 spiro atoms. The van der Waals surface area contributed by atoms with Crippen molar-refractivity contribution in [1.82, 2.24) is 5.32 Å². The molecule has 5 heteroatoms. The van der Waals surface area contributed by atoms with Crippen molar-refractivity contribution in [3.05, 3.63) is 26.7 Å². The van der Waals surface area contributed by atoms with E-state index in [1.165, 1.54) is 0 Å². The molecular formula is C16H23BrClNO2. The Balaban J connectivity index is 2.49. The molecule has 0 saturated heterocycles. The van der Waals surface area contributed by atoms with E-state index in [4.69, 9.17) is 16.3 Å². The predicted molar refractivity (Wildman–Crippen MR) is 91.3 cm³/mol. The number of hydrogen-bond donors (Lipinski definition) is 1. The van der Waals surface area contributed by atoms with Crippen LogP contribution >= 0.6 is 27.5 Å². The standard InChI is InChI=1S/C16H23BrClNO2/c1-10-9-12(14(17)11(2)15(10)18)21-8-6-7-13(20)19-16(3,4)5/h9H,6-8H2,1-5H3,(H,19,20). The van der Waals surface area contributed by atoms with Crippen LogP contribution in [0.5, 0.6) is 5.75 Å². The van der Waals surface area contributed by atoms with E-state index in [-0.39, 0.29) is 11.4 Å². The summed E-state index contributed by atoms with van der Waals surface area (Å²) in [6.45, 7) is 10.3. The first-order chi connectivity index (χ1) is 9.61. The molecule has 0 fully saturated rings. The summed E-state index contributed by atoms with van der Waals surface area (Å²) in [5, 5.41) is 3.68. The second-order valence-corrected chi connectivity index (χ2v) is 7.37. The van der Waals surface area contributed by atoms with Gasteiger partial charge >= 0.3 is 0 Å². The van der Waals surface area contributed by atoms with Gasteiger partial charge in [-0.15, -0.1) is 0 Å². The molecule has 0 heterocycles. The minimum Gasteiger partial charge on any atom is -0.492 e. The van der Waals surface area contributed by atoms with Crippen LogP contribution in [0.15, 0.2) is 10.5 Å². The van der Waals surface area contributed by atoms with Crippen LogP contribution in [0.2, 0.25) is 5.02 Å². The molecule has 21 heavy (non-hydrogen) atoms. The van der Waals surface area contributed by atoms with Gasteiger partial charge in [-0.1, -0.05) is 11.6 Å². The molecular weight excluding hydrogens is 354 g/mol. The zero-order chi connectivity index (χ0) is 16.2. The molecule has 1 N–H and O–H groups in total. The Bertz CT molecular complexity index is 524. The van der Waals surface area contributed by atoms with Gasteiger partial charge in [0.05, 0.1) is 11.1 Å². The van der Waals surface area contributed by atoms with Gasteiger partial charge in [0.25, 0.3) is 0 Å². The second kappa shape index (κ2) is 7.50. The van der Waals surface area contributed by atoms with Crippen LogP contribution < -0.4 is 10.1 Å². The smallest absolute Gasteiger partial charge is 0.220 e. The van der Waals surface area contributed by atoms with E-state index < -0.39 is 0 Å². The number of benzene rings is 1. The lowest BCUT2D eigenvalue weighted by Crippen LogP contribution is -2.40. The third-order valence-corrected chi connectivity index (χ3v) is 4.46. The number of hydrogen-bond acceptors (Lipinski definition) is 2. The second-order valence-electron chi connectivity index (χ2n) is 6.19. The number of amides is 1. The molecule has 118 valence electrons. The summed E-state index contributed by atoms with van der Waals surface area (Å²) >= 11 is 9.68. The minimum absolute atomic E-state index is 0.0497. The van der Waals surface area contributed by atoms with Crippen LogP contribution in [0.1, 0.15) is 44.7 Å². The molecule has 1 rings (SSSR count). The lowest BCUT2D eigenvalue weighted by molar-refractivity contribution is -0.122. The van der Waals surface area contributed by atoms with Crippen LogP contribution in [0, 0.1) is 13.8 Å². The topological polar surface area (TPSA) is 38.3 Å². The highest BCUT2D eigenvalue weighted by molar-refractivity contribution is 9.10. The van der Waals surface area contributed by atoms with Crippen molar-refractivity contribution in [1.29, 1.82) is 0 Å². The molecule has 0 atom stereocenters. The average Bonchev–Trinajstić information content (AvgIpc) is 2.35. The first kappa shape index (κ1) is 18.3. The molecule has 0 unspecified atom stereocenters. The van der Waals surface area contributed by atoms with Crippen LogP contribution in [0.3, 0.4) is 0 Å². The molecule has 0 saturated carbocycles. The molecule has 0 aromatic heterocycles. The van der Waals surface area contributed by atoms with Gasteiger partial charge in [0.15, 0.2) is 0 Å². The van der Waals surface area contributed by atoms with Crippen LogP contribution in [0.4, 0.5) is 0 Å². The Labute approximate surface area is 140 Å². The van der Waals surface area contributed by atoms with E-state index in [0.717, 1.165) is 26.4 Å². The number of carbonyl (C=O) groups excluding carboxylic acids is 1. The Morgan fingerprint density at radius 2 is 2.00 bits per heavy atom. The third-order valence-electron chi connectivity index (χ3n) is 2.89. The van der Waals surface area contributed by atoms with E-state index in [0.29, 0.717) is 19.4 Å². The highest BCUT2D eigenvalue weighted by Gasteiger charge is 2.14. The first-order valence-electron chi connectivity index (χ1n) is 7.01. The Morgan fingerprint density at radius 1 is 1.38 bits per heavy atom. The number of carbonyl (C=O) groups is 1. The molecule has 1 aromatic rings. The van der Waals surface area contributed by atoms with Crippen molar-refractivity contribution < 1.29 is 9.53 Å². The molecule has 0 aliphatic heterocycles. The van der Waals surface area contributed by atoms with Crippen LogP contribution in [0.25, 0.3) is 0 Å². The van der Waals surface area contributed by atoms with Crippen molar-refractivity contribution in [2.24, 2.45) is 0 Å². The monoisotopic (exact) mass is 375 g/mol. The molecule has 0 aliphatic carbocycles. The lowest BCUT2D eigenvalue weighted by Gasteiger charge is -2.20. The van der Waals surface area contributed by atoms with E-state index in [1.54, 1.807) is 0 Å². The minimum atomic E-state index is -0.189. The van der Waals surface area contributed by atoms with Gasteiger partial charge < -0.3 is 10.1 Å². The quantitative estimate of drug-likeness (QED) is 0.750. The highest BCUT2D eigenvalue weighted by atomic mass is 79.9. The summed E-state index contributed by atoms with van der Waals surface area (Å²) in [6.07, 6.45) is 1.13. The molecule has 0 bridgehead atoms. The van der Waals surface area contributed by atoms with E-state index in [9.17, 15) is 4.79 Å². The summed E-state index contributed by atoms with van der Waals surface area (Å²) < 4.78 is 6.62. The Kier molecular flexibility index (Phi) is 6.54.